The fourth-order valence-corrected chi connectivity index (χ4v) is 1.58. The molecule has 0 aliphatic carbocycles. The van der Waals surface area contributed by atoms with Gasteiger partial charge in [-0.15, -0.1) is 0 Å². The zero-order valence-corrected chi connectivity index (χ0v) is 10.3. The second kappa shape index (κ2) is 6.98. The third-order valence-electron chi connectivity index (χ3n) is 2.17. The molecule has 0 aromatic heterocycles. The average Bonchev–Trinajstić information content (AvgIpc) is 2.25. The number of amides is 1. The fourth-order valence-electron chi connectivity index (χ4n) is 1.45. The number of aliphatic hydroxyl groups excluding tert-OH is 1. The highest BCUT2D eigenvalue weighted by molar-refractivity contribution is 7.80. The standard InChI is InChI=1S/C12H16N2O2S/c13-11(17)8-12(16)14-10-5-1-3-9(7-10)4-2-6-15/h1,3,5,7,15H,2,4,6,8H2,(H2,13,17)(H,14,16). The molecule has 0 atom stereocenters. The van der Waals surface area contributed by atoms with Gasteiger partial charge in [0.25, 0.3) is 0 Å². The number of anilines is 1. The minimum atomic E-state index is -0.211. The maximum atomic E-state index is 11.4. The second-order valence-corrected chi connectivity index (χ2v) is 4.24. The first-order valence-electron chi connectivity index (χ1n) is 5.40. The summed E-state index contributed by atoms with van der Waals surface area (Å²) in [6.07, 6.45) is 1.55. The summed E-state index contributed by atoms with van der Waals surface area (Å²) < 4.78 is 0. The number of aryl methyl sites for hydroxylation is 1. The third-order valence-corrected chi connectivity index (χ3v) is 2.31. The van der Waals surface area contributed by atoms with Crippen molar-refractivity contribution in [1.82, 2.24) is 0 Å². The van der Waals surface area contributed by atoms with E-state index >= 15 is 0 Å². The molecule has 0 spiro atoms. The lowest BCUT2D eigenvalue weighted by Gasteiger charge is -2.06. The van der Waals surface area contributed by atoms with Gasteiger partial charge in [-0.2, -0.15) is 0 Å². The van der Waals surface area contributed by atoms with E-state index in [4.69, 9.17) is 10.8 Å². The summed E-state index contributed by atoms with van der Waals surface area (Å²) in [7, 11) is 0. The van der Waals surface area contributed by atoms with Crippen molar-refractivity contribution >= 4 is 28.8 Å². The molecule has 1 aromatic rings. The van der Waals surface area contributed by atoms with Gasteiger partial charge in [0.05, 0.1) is 11.4 Å². The van der Waals surface area contributed by atoms with E-state index in [2.05, 4.69) is 17.5 Å². The normalized spacial score (nSPS) is 9.94. The highest BCUT2D eigenvalue weighted by atomic mass is 32.1. The molecule has 0 bridgehead atoms. The molecule has 0 saturated carbocycles. The van der Waals surface area contributed by atoms with Crippen LogP contribution < -0.4 is 11.1 Å². The number of hydrogen-bond acceptors (Lipinski definition) is 3. The van der Waals surface area contributed by atoms with E-state index in [1.54, 1.807) is 6.07 Å². The van der Waals surface area contributed by atoms with Crippen molar-refractivity contribution in [2.45, 2.75) is 19.3 Å². The number of rotatable bonds is 6. The number of carbonyl (C=O) groups is 1. The van der Waals surface area contributed by atoms with Gasteiger partial charge in [0, 0.05) is 12.3 Å². The lowest BCUT2D eigenvalue weighted by Crippen LogP contribution is -2.20. The fraction of sp³-hybridized carbons (Fsp3) is 0.333. The monoisotopic (exact) mass is 252 g/mol. The summed E-state index contributed by atoms with van der Waals surface area (Å²) in [6.45, 7) is 0.165. The van der Waals surface area contributed by atoms with E-state index in [0.717, 1.165) is 17.7 Å². The molecule has 0 saturated heterocycles. The van der Waals surface area contributed by atoms with Crippen LogP contribution in [0.2, 0.25) is 0 Å². The van der Waals surface area contributed by atoms with Gasteiger partial charge in [0.2, 0.25) is 5.91 Å². The van der Waals surface area contributed by atoms with E-state index in [1.165, 1.54) is 0 Å². The molecule has 0 radical (unpaired) electrons. The Morgan fingerprint density at radius 1 is 1.47 bits per heavy atom. The van der Waals surface area contributed by atoms with E-state index < -0.39 is 0 Å². The van der Waals surface area contributed by atoms with Crippen LogP contribution in [0, 0.1) is 0 Å². The molecule has 92 valence electrons. The number of nitrogens with two attached hydrogens (primary N) is 1. The third kappa shape index (κ3) is 5.42. The van der Waals surface area contributed by atoms with Crippen molar-refractivity contribution in [1.29, 1.82) is 0 Å². The summed E-state index contributed by atoms with van der Waals surface area (Å²) in [5.74, 6) is -0.211. The average molecular weight is 252 g/mol. The molecule has 0 fully saturated rings. The van der Waals surface area contributed by atoms with Crippen LogP contribution in [0.5, 0.6) is 0 Å². The molecule has 0 heterocycles. The van der Waals surface area contributed by atoms with Crippen molar-refractivity contribution in [3.63, 3.8) is 0 Å². The van der Waals surface area contributed by atoms with Crippen LogP contribution >= 0.6 is 12.2 Å². The van der Waals surface area contributed by atoms with Crippen LogP contribution in [0.25, 0.3) is 0 Å². The Morgan fingerprint density at radius 2 is 2.24 bits per heavy atom. The SMILES string of the molecule is NC(=S)CC(=O)Nc1cccc(CCCO)c1. The maximum absolute atomic E-state index is 11.4. The Kier molecular flexibility index (Phi) is 5.59. The number of nitrogens with one attached hydrogen (secondary N) is 1. The molecule has 0 unspecified atom stereocenters. The van der Waals surface area contributed by atoms with Gasteiger partial charge in [-0.25, -0.2) is 0 Å². The number of thiocarbonyl (C=S) groups is 1. The molecule has 17 heavy (non-hydrogen) atoms. The van der Waals surface area contributed by atoms with E-state index in [-0.39, 0.29) is 23.9 Å². The Morgan fingerprint density at radius 3 is 2.88 bits per heavy atom. The van der Waals surface area contributed by atoms with Gasteiger partial charge in [-0.05, 0) is 30.5 Å². The van der Waals surface area contributed by atoms with Gasteiger partial charge >= 0.3 is 0 Å². The van der Waals surface area contributed by atoms with Crippen molar-refractivity contribution < 1.29 is 9.90 Å². The summed E-state index contributed by atoms with van der Waals surface area (Å²) in [4.78, 5) is 11.6. The largest absolute Gasteiger partial charge is 0.396 e. The topological polar surface area (TPSA) is 75.4 Å². The van der Waals surface area contributed by atoms with E-state index in [1.807, 2.05) is 18.2 Å². The number of benzene rings is 1. The minimum absolute atomic E-state index is 0.0518. The highest BCUT2D eigenvalue weighted by Crippen LogP contribution is 2.12. The smallest absolute Gasteiger partial charge is 0.231 e. The van der Waals surface area contributed by atoms with Crippen LogP contribution in [0.1, 0.15) is 18.4 Å². The van der Waals surface area contributed by atoms with Gasteiger partial charge in [-0.3, -0.25) is 4.79 Å². The van der Waals surface area contributed by atoms with Crippen LogP contribution in [0.3, 0.4) is 0 Å². The first-order chi connectivity index (χ1) is 8.11. The quantitative estimate of drug-likeness (QED) is 0.666. The Balaban J connectivity index is 2.58. The van der Waals surface area contributed by atoms with Gasteiger partial charge in [0.15, 0.2) is 0 Å². The minimum Gasteiger partial charge on any atom is -0.396 e. The van der Waals surface area contributed by atoms with Crippen LogP contribution in [0.4, 0.5) is 5.69 Å². The van der Waals surface area contributed by atoms with Crippen LogP contribution in [-0.4, -0.2) is 22.6 Å². The highest BCUT2D eigenvalue weighted by Gasteiger charge is 2.04. The molecule has 5 heteroatoms. The van der Waals surface area contributed by atoms with Crippen LogP contribution in [-0.2, 0) is 11.2 Å². The van der Waals surface area contributed by atoms with E-state index in [9.17, 15) is 4.79 Å². The van der Waals surface area contributed by atoms with Crippen molar-refractivity contribution in [2.75, 3.05) is 11.9 Å². The lowest BCUT2D eigenvalue weighted by atomic mass is 10.1. The summed E-state index contributed by atoms with van der Waals surface area (Å²) in [5, 5.41) is 11.5. The summed E-state index contributed by atoms with van der Waals surface area (Å²) in [5.41, 5.74) is 7.09. The second-order valence-electron chi connectivity index (χ2n) is 3.72. The molecule has 4 nitrogen and oxygen atoms in total. The van der Waals surface area contributed by atoms with Gasteiger partial charge in [-0.1, -0.05) is 24.4 Å². The molecule has 4 N–H and O–H groups in total. The van der Waals surface area contributed by atoms with E-state index in [0.29, 0.717) is 6.42 Å². The predicted molar refractivity (Wildman–Crippen MR) is 71.9 cm³/mol. The predicted octanol–water partition coefficient (Wildman–Crippen LogP) is 1.23. The first kappa shape index (κ1) is 13.6. The Labute approximate surface area is 106 Å². The number of hydrogen-bond donors (Lipinski definition) is 3. The molecule has 0 aliphatic heterocycles. The maximum Gasteiger partial charge on any atom is 0.231 e. The molecule has 1 aromatic carbocycles. The first-order valence-corrected chi connectivity index (χ1v) is 5.80. The summed E-state index contributed by atoms with van der Waals surface area (Å²) in [6, 6.07) is 7.51. The summed E-state index contributed by atoms with van der Waals surface area (Å²) >= 11 is 4.66. The zero-order chi connectivity index (χ0) is 12.7. The Hall–Kier alpha value is -1.46. The van der Waals surface area contributed by atoms with Crippen molar-refractivity contribution in [2.24, 2.45) is 5.73 Å². The van der Waals surface area contributed by atoms with Gasteiger partial charge in [0.1, 0.15) is 0 Å². The Bertz CT molecular complexity index is 407. The van der Waals surface area contributed by atoms with Crippen molar-refractivity contribution in [3.8, 4) is 0 Å². The van der Waals surface area contributed by atoms with Crippen molar-refractivity contribution in [3.05, 3.63) is 29.8 Å². The lowest BCUT2D eigenvalue weighted by molar-refractivity contribution is -0.115. The number of carbonyl (C=O) groups excluding carboxylic acids is 1. The molecule has 1 rings (SSSR count). The number of aliphatic hydroxyl groups is 1. The molecule has 1 amide bonds. The van der Waals surface area contributed by atoms with Crippen LogP contribution in [0.15, 0.2) is 24.3 Å². The molecule has 0 aliphatic rings. The van der Waals surface area contributed by atoms with Gasteiger partial charge < -0.3 is 16.2 Å². The molecular weight excluding hydrogens is 236 g/mol. The molecular formula is C12H16N2O2S. The zero-order valence-electron chi connectivity index (χ0n) is 9.48.